The monoisotopic (exact) mass is 356 g/mol. The number of nitrogens with one attached hydrogen (secondary N) is 3. The fraction of sp³-hybridized carbons (Fsp3) is 0.273. The number of carbonyl (C=O) groups excluding carboxylic acids is 2. The van der Waals surface area contributed by atoms with Crippen molar-refractivity contribution in [2.24, 2.45) is 0 Å². The van der Waals surface area contributed by atoms with Gasteiger partial charge in [0.05, 0.1) is 6.33 Å². The average Bonchev–Trinajstić information content (AvgIpc) is 2.95. The Morgan fingerprint density at radius 3 is 2.88 bits per heavy atom. The van der Waals surface area contributed by atoms with Crippen LogP contribution in [0.4, 0.5) is 0 Å². The number of rotatable bonds is 8. The van der Waals surface area contributed by atoms with Crippen molar-refractivity contribution in [3.05, 3.63) is 16.7 Å². The van der Waals surface area contributed by atoms with Crippen LogP contribution in [0.15, 0.2) is 16.3 Å². The number of H-pyrrole nitrogens is 2. The Balaban J connectivity index is 1.88. The summed E-state index contributed by atoms with van der Waals surface area (Å²) in [5, 5.41) is 20.3. The highest BCUT2D eigenvalue weighted by molar-refractivity contribution is 7.99. The summed E-state index contributed by atoms with van der Waals surface area (Å²) in [5.41, 5.74) is 0.101. The number of aromatic amines is 2. The molecule has 2 aromatic rings. The van der Waals surface area contributed by atoms with Crippen molar-refractivity contribution in [3.63, 3.8) is 0 Å². The van der Waals surface area contributed by atoms with Crippen molar-refractivity contribution in [2.75, 3.05) is 12.3 Å². The fourth-order valence-corrected chi connectivity index (χ4v) is 2.43. The molecule has 128 valence electrons. The van der Waals surface area contributed by atoms with Gasteiger partial charge < -0.3 is 20.4 Å². The van der Waals surface area contributed by atoms with Gasteiger partial charge in [-0.15, -0.1) is 0 Å². The molecule has 2 rings (SSSR count). The Labute approximate surface area is 137 Å². The highest BCUT2D eigenvalue weighted by atomic mass is 32.2. The molecule has 24 heavy (non-hydrogen) atoms. The molecule has 5 N–H and O–H groups in total. The maximum atomic E-state index is 11.6. The molecular formula is C11H12N6O6S. The summed E-state index contributed by atoms with van der Waals surface area (Å²) >= 11 is 1.16. The number of hydroxylamine groups is 2. The molecule has 0 radical (unpaired) electrons. The third-order valence-corrected chi connectivity index (χ3v) is 3.64. The maximum Gasteiger partial charge on any atom is 0.338 e. The lowest BCUT2D eigenvalue weighted by Crippen LogP contribution is -2.50. The molecule has 0 unspecified atom stereocenters. The maximum absolute atomic E-state index is 11.6. The predicted octanol–water partition coefficient (Wildman–Crippen LogP) is -1.84. The number of imidazole rings is 1. The van der Waals surface area contributed by atoms with Gasteiger partial charge in [0.25, 0.3) is 11.5 Å². The van der Waals surface area contributed by atoms with Gasteiger partial charge in [-0.2, -0.15) is 0 Å². The van der Waals surface area contributed by atoms with Crippen molar-refractivity contribution in [2.45, 2.75) is 11.2 Å². The summed E-state index contributed by atoms with van der Waals surface area (Å²) in [5.74, 6) is -2.42. The second-order valence-electron chi connectivity index (χ2n) is 4.34. The Hall–Kier alpha value is -2.93. The summed E-state index contributed by atoms with van der Waals surface area (Å²) in [6.07, 6.45) is 1.05. The van der Waals surface area contributed by atoms with E-state index in [-0.39, 0.29) is 34.7 Å². The van der Waals surface area contributed by atoms with E-state index in [1.165, 1.54) is 6.33 Å². The fourth-order valence-electron chi connectivity index (χ4n) is 1.71. The molecule has 12 nitrogen and oxygen atoms in total. The second-order valence-corrected chi connectivity index (χ2v) is 5.42. The number of carboxylic acid groups (broad SMARTS) is 1. The van der Waals surface area contributed by atoms with Crippen LogP contribution in [-0.4, -0.2) is 71.9 Å². The van der Waals surface area contributed by atoms with E-state index in [2.05, 4.69) is 25.3 Å². The molecule has 0 saturated heterocycles. The molecule has 0 aromatic carbocycles. The van der Waals surface area contributed by atoms with Crippen molar-refractivity contribution in [1.29, 1.82) is 0 Å². The van der Waals surface area contributed by atoms with Crippen LogP contribution in [0.5, 0.6) is 0 Å². The first-order chi connectivity index (χ1) is 11.4. The second kappa shape index (κ2) is 7.56. The number of hydrogen-bond acceptors (Lipinski definition) is 8. The van der Waals surface area contributed by atoms with Crippen LogP contribution in [0.1, 0.15) is 0 Å². The molecule has 2 heterocycles. The number of amides is 2. The van der Waals surface area contributed by atoms with Gasteiger partial charge in [-0.25, -0.2) is 19.8 Å². The van der Waals surface area contributed by atoms with Gasteiger partial charge in [0.1, 0.15) is 0 Å². The smallest absolute Gasteiger partial charge is 0.338 e. The number of thioether (sulfide) groups is 1. The molecule has 0 saturated carbocycles. The third kappa shape index (κ3) is 3.88. The van der Waals surface area contributed by atoms with Crippen LogP contribution < -0.4 is 10.9 Å². The van der Waals surface area contributed by atoms with E-state index >= 15 is 0 Å². The number of nitrogens with zero attached hydrogens (tertiary/aromatic N) is 3. The average molecular weight is 356 g/mol. The molecule has 0 fully saturated rings. The highest BCUT2D eigenvalue weighted by Gasteiger charge is 2.31. The van der Waals surface area contributed by atoms with E-state index < -0.39 is 17.9 Å². The lowest BCUT2D eigenvalue weighted by atomic mass is 10.3. The lowest BCUT2D eigenvalue weighted by molar-refractivity contribution is -0.179. The zero-order chi connectivity index (χ0) is 17.7. The van der Waals surface area contributed by atoms with Gasteiger partial charge in [0.2, 0.25) is 12.5 Å². The van der Waals surface area contributed by atoms with Gasteiger partial charge in [0, 0.05) is 12.3 Å². The van der Waals surface area contributed by atoms with Gasteiger partial charge >= 0.3 is 5.97 Å². The Bertz CT molecular complexity index is 819. The molecule has 0 aliphatic carbocycles. The van der Waals surface area contributed by atoms with E-state index in [0.29, 0.717) is 10.9 Å². The Morgan fingerprint density at radius 2 is 2.25 bits per heavy atom. The number of aliphatic carboxylic acids is 1. The Kier molecular flexibility index (Phi) is 5.49. The summed E-state index contributed by atoms with van der Waals surface area (Å²) in [6, 6.07) is -2.03. The number of carboxylic acids is 1. The van der Waals surface area contributed by atoms with E-state index in [0.717, 1.165) is 11.8 Å². The minimum Gasteiger partial charge on any atom is -0.479 e. The Morgan fingerprint density at radius 1 is 1.50 bits per heavy atom. The molecule has 0 bridgehead atoms. The lowest BCUT2D eigenvalue weighted by Gasteiger charge is -2.17. The van der Waals surface area contributed by atoms with E-state index in [1.807, 2.05) is 0 Å². The molecule has 1 atom stereocenters. The standard InChI is InChI=1S/C11H12N6O6S/c18-4-17(23)6(10(21)22)9(20)12-1-2-24-11-15-5-7(16-11)13-3-14-8(5)19/h3-4,6,23H,1-2H2,(H,12,20)(H,21,22)(H2,13,14,15,16,19)/t6-/m0/s1. The largest absolute Gasteiger partial charge is 0.479 e. The van der Waals surface area contributed by atoms with Gasteiger partial charge in [0.15, 0.2) is 16.3 Å². The molecule has 0 aliphatic rings. The van der Waals surface area contributed by atoms with Crippen molar-refractivity contribution >= 4 is 41.2 Å². The first kappa shape index (κ1) is 17.4. The van der Waals surface area contributed by atoms with E-state index in [9.17, 15) is 19.2 Å². The number of hydrogen-bond donors (Lipinski definition) is 5. The zero-order valence-corrected chi connectivity index (χ0v) is 12.7. The van der Waals surface area contributed by atoms with Gasteiger partial charge in [-0.05, 0) is 0 Å². The molecule has 2 amide bonds. The topological polar surface area (TPSA) is 181 Å². The normalized spacial score (nSPS) is 11.9. The van der Waals surface area contributed by atoms with Crippen LogP contribution in [0.3, 0.4) is 0 Å². The number of carbonyl (C=O) groups is 3. The van der Waals surface area contributed by atoms with Crippen molar-refractivity contribution < 1.29 is 24.7 Å². The quantitative estimate of drug-likeness (QED) is 0.0905. The zero-order valence-electron chi connectivity index (χ0n) is 11.9. The summed E-state index contributed by atoms with van der Waals surface area (Å²) in [7, 11) is 0. The summed E-state index contributed by atoms with van der Waals surface area (Å²) in [6.45, 7) is 0.0425. The predicted molar refractivity (Wildman–Crippen MR) is 79.4 cm³/mol. The molecule has 0 aliphatic heterocycles. The van der Waals surface area contributed by atoms with Gasteiger partial charge in [-0.1, -0.05) is 11.8 Å². The highest BCUT2D eigenvalue weighted by Crippen LogP contribution is 2.15. The first-order valence-electron chi connectivity index (χ1n) is 6.43. The van der Waals surface area contributed by atoms with Crippen LogP contribution in [-0.2, 0) is 14.4 Å². The summed E-state index contributed by atoms with van der Waals surface area (Å²) < 4.78 is 0. The molecule has 13 heteroatoms. The molecule has 0 spiro atoms. The number of aromatic nitrogens is 4. The van der Waals surface area contributed by atoms with Crippen molar-refractivity contribution in [1.82, 2.24) is 30.3 Å². The van der Waals surface area contributed by atoms with E-state index in [1.54, 1.807) is 0 Å². The van der Waals surface area contributed by atoms with Crippen LogP contribution in [0.2, 0.25) is 0 Å². The van der Waals surface area contributed by atoms with Crippen molar-refractivity contribution in [3.8, 4) is 0 Å². The first-order valence-corrected chi connectivity index (χ1v) is 7.42. The van der Waals surface area contributed by atoms with E-state index in [4.69, 9.17) is 10.3 Å². The van der Waals surface area contributed by atoms with Crippen LogP contribution in [0, 0.1) is 0 Å². The molecular weight excluding hydrogens is 344 g/mol. The SMILES string of the molecule is O=CN(O)[C@H](C(=O)O)C(=O)NCCSc1nc2nc[nH]c(=O)c2[nH]1. The molecule has 2 aromatic heterocycles. The minimum absolute atomic E-state index is 0.0425. The van der Waals surface area contributed by atoms with Crippen LogP contribution in [0.25, 0.3) is 11.2 Å². The minimum atomic E-state index is -2.03. The number of fused-ring (bicyclic) bond motifs is 1. The third-order valence-electron chi connectivity index (χ3n) is 2.77. The van der Waals surface area contributed by atoms with Gasteiger partial charge in [-0.3, -0.25) is 19.6 Å². The summed E-state index contributed by atoms with van der Waals surface area (Å²) in [4.78, 5) is 57.5. The van der Waals surface area contributed by atoms with Crippen LogP contribution >= 0.6 is 11.8 Å².